The zero-order chi connectivity index (χ0) is 28.8. The number of ether oxygens (including phenoxy) is 1. The van der Waals surface area contributed by atoms with Crippen LogP contribution in [0.25, 0.3) is 10.4 Å². The van der Waals surface area contributed by atoms with E-state index in [1.807, 2.05) is 0 Å². The van der Waals surface area contributed by atoms with Gasteiger partial charge in [0, 0.05) is 23.7 Å². The van der Waals surface area contributed by atoms with E-state index in [4.69, 9.17) is 4.74 Å². The van der Waals surface area contributed by atoms with Gasteiger partial charge < -0.3 is 14.7 Å². The molecule has 0 unspecified atom stereocenters. The second kappa shape index (κ2) is 10.0. The molecule has 0 bridgehead atoms. The number of halogens is 9. The molecule has 2 aromatic rings. The lowest BCUT2D eigenvalue weighted by molar-refractivity contribution is -0.376. The van der Waals surface area contributed by atoms with Gasteiger partial charge in [0.2, 0.25) is 5.01 Å². The van der Waals surface area contributed by atoms with Crippen LogP contribution in [0.5, 0.6) is 0 Å². The first-order valence-electron chi connectivity index (χ1n) is 10.9. The Labute approximate surface area is 213 Å². The smallest absolute Gasteiger partial charge is 0.430 e. The van der Waals surface area contributed by atoms with E-state index in [1.54, 1.807) is 6.92 Å². The predicted octanol–water partition coefficient (Wildman–Crippen LogP) is 5.94. The van der Waals surface area contributed by atoms with Crippen molar-refractivity contribution in [2.24, 2.45) is 0 Å². The summed E-state index contributed by atoms with van der Waals surface area (Å²) >= 11 is 0.264. The van der Waals surface area contributed by atoms with E-state index in [9.17, 15) is 54.2 Å². The fourth-order valence-corrected chi connectivity index (χ4v) is 4.98. The molecule has 0 spiro atoms. The van der Waals surface area contributed by atoms with Crippen molar-refractivity contribution < 1.29 is 58.9 Å². The molecule has 0 aliphatic carbocycles. The van der Waals surface area contributed by atoms with Gasteiger partial charge in [0.1, 0.15) is 5.69 Å². The van der Waals surface area contributed by atoms with Crippen molar-refractivity contribution >= 4 is 23.2 Å². The zero-order valence-corrected chi connectivity index (χ0v) is 20.3. The summed E-state index contributed by atoms with van der Waals surface area (Å²) in [4.78, 5) is 29.9. The number of aromatic nitrogens is 1. The van der Waals surface area contributed by atoms with Gasteiger partial charge in [0.15, 0.2) is 0 Å². The number of thiazole rings is 1. The Morgan fingerprint density at radius 3 is 2.18 bits per heavy atom. The normalized spacial score (nSPS) is 17.2. The van der Waals surface area contributed by atoms with Gasteiger partial charge in [-0.3, -0.25) is 4.79 Å². The molecule has 1 aromatic heterocycles. The molecule has 1 fully saturated rings. The number of hydrogen-bond acceptors (Lipinski definition) is 6. The lowest BCUT2D eigenvalue weighted by Gasteiger charge is -2.33. The van der Waals surface area contributed by atoms with Crippen molar-refractivity contribution in [2.75, 3.05) is 13.2 Å². The average Bonchev–Trinajstić information content (AvgIpc) is 3.42. The molecule has 0 radical (unpaired) electrons. The Kier molecular flexibility index (Phi) is 7.82. The maximum atomic E-state index is 14.0. The van der Waals surface area contributed by atoms with E-state index in [0.717, 1.165) is 0 Å². The van der Waals surface area contributed by atoms with Gasteiger partial charge in [-0.05, 0) is 32.8 Å². The molecule has 1 aromatic carbocycles. The molecule has 1 atom stereocenters. The van der Waals surface area contributed by atoms with Crippen molar-refractivity contribution in [1.29, 1.82) is 0 Å². The monoisotopic (exact) mass is 578 g/mol. The number of rotatable bonds is 5. The molecule has 38 heavy (non-hydrogen) atoms. The third-order valence-electron chi connectivity index (χ3n) is 5.90. The van der Waals surface area contributed by atoms with Crippen LogP contribution in [0.2, 0.25) is 0 Å². The van der Waals surface area contributed by atoms with Crippen LogP contribution in [0, 0.1) is 0 Å². The van der Waals surface area contributed by atoms with Gasteiger partial charge in [0.25, 0.3) is 11.5 Å². The van der Waals surface area contributed by atoms with Gasteiger partial charge in [-0.2, -0.15) is 39.5 Å². The second-order valence-corrected chi connectivity index (χ2v) is 9.37. The molecule has 1 aliphatic heterocycles. The number of benzene rings is 1. The molecule has 1 aliphatic rings. The van der Waals surface area contributed by atoms with E-state index in [1.165, 1.54) is 11.8 Å². The van der Waals surface area contributed by atoms with Crippen LogP contribution in [0.15, 0.2) is 18.2 Å². The van der Waals surface area contributed by atoms with Crippen LogP contribution in [-0.4, -0.2) is 58.4 Å². The maximum absolute atomic E-state index is 14.0. The number of likely N-dealkylation sites (tertiary alicyclic amines) is 1. The predicted molar refractivity (Wildman–Crippen MR) is 114 cm³/mol. The number of amides is 1. The number of carbonyl (C=O) groups excluding carboxylic acids is 2. The van der Waals surface area contributed by atoms with E-state index in [-0.39, 0.29) is 42.7 Å². The van der Waals surface area contributed by atoms with Crippen LogP contribution < -0.4 is 0 Å². The first-order valence-corrected chi connectivity index (χ1v) is 11.7. The summed E-state index contributed by atoms with van der Waals surface area (Å²) in [5.74, 6) is -1.97. The van der Waals surface area contributed by atoms with Crippen molar-refractivity contribution in [3.63, 3.8) is 0 Å². The van der Waals surface area contributed by atoms with Crippen LogP contribution in [0.3, 0.4) is 0 Å². The number of nitrogens with zero attached hydrogens (tertiary/aromatic N) is 2. The molecular weight excluding hydrogens is 559 g/mol. The van der Waals surface area contributed by atoms with Crippen LogP contribution in [0.1, 0.15) is 58.1 Å². The minimum absolute atomic E-state index is 0.0298. The third-order valence-corrected chi connectivity index (χ3v) is 6.97. The molecule has 210 valence electrons. The summed E-state index contributed by atoms with van der Waals surface area (Å²) in [6.07, 6.45) is -17.3. The molecule has 16 heteroatoms. The number of carbonyl (C=O) groups is 2. The second-order valence-electron chi connectivity index (χ2n) is 8.37. The Morgan fingerprint density at radius 1 is 1.11 bits per heavy atom. The van der Waals surface area contributed by atoms with Crippen LogP contribution in [0.4, 0.5) is 39.5 Å². The van der Waals surface area contributed by atoms with Crippen LogP contribution in [-0.2, 0) is 16.5 Å². The largest absolute Gasteiger partial charge is 0.461 e. The highest BCUT2D eigenvalue weighted by Gasteiger charge is 2.71. The highest BCUT2D eigenvalue weighted by atomic mass is 32.1. The number of alkyl halides is 9. The highest BCUT2D eigenvalue weighted by Crippen LogP contribution is 2.52. The molecule has 3 rings (SSSR count). The summed E-state index contributed by atoms with van der Waals surface area (Å²) in [5.41, 5.74) is -11.4. The Bertz CT molecular complexity index is 1210. The summed E-state index contributed by atoms with van der Waals surface area (Å²) in [5, 5.41) is 9.06. The van der Waals surface area contributed by atoms with E-state index in [0.29, 0.717) is 12.8 Å². The molecule has 0 saturated carbocycles. The number of hydrogen-bond donors (Lipinski definition) is 1. The number of esters is 1. The van der Waals surface area contributed by atoms with Crippen molar-refractivity contribution in [3.05, 3.63) is 40.0 Å². The summed E-state index contributed by atoms with van der Waals surface area (Å²) in [7, 11) is 0. The fourth-order valence-electron chi connectivity index (χ4n) is 3.99. The molecule has 1 N–H and O–H groups in total. The Balaban J connectivity index is 2.30. The molecular formula is C22H19F9N2O4S. The summed E-state index contributed by atoms with van der Waals surface area (Å²) in [6, 6.07) is -0.525. The van der Waals surface area contributed by atoms with Gasteiger partial charge in [-0.1, -0.05) is 12.1 Å². The Hall–Kier alpha value is -2.88. The summed E-state index contributed by atoms with van der Waals surface area (Å²) < 4.78 is 127. The van der Waals surface area contributed by atoms with Gasteiger partial charge >= 0.3 is 24.5 Å². The van der Waals surface area contributed by atoms with Gasteiger partial charge in [-0.15, -0.1) is 11.3 Å². The van der Waals surface area contributed by atoms with Crippen molar-refractivity contribution in [1.82, 2.24) is 9.88 Å². The van der Waals surface area contributed by atoms with Crippen LogP contribution >= 0.6 is 11.3 Å². The van der Waals surface area contributed by atoms with E-state index in [2.05, 4.69) is 4.98 Å². The van der Waals surface area contributed by atoms with Crippen molar-refractivity contribution in [3.8, 4) is 10.4 Å². The maximum Gasteiger partial charge on any atom is 0.430 e. The third kappa shape index (κ3) is 5.19. The molecule has 1 amide bonds. The quantitative estimate of drug-likeness (QED) is 0.351. The molecule has 6 nitrogen and oxygen atoms in total. The standard InChI is InChI=1S/C22H19F9N2O4S/c1-3-37-18(35)16-32-14(17(34)33-8-4-5-10(33)2)15(38-16)12-7-6-11(9-13(12)20(23,24)25)19(36,21(26,27)28)22(29,30)31/h6-7,9-10,36H,3-5,8H2,1-2H3/t10-/m0/s1. The zero-order valence-electron chi connectivity index (χ0n) is 19.5. The first kappa shape index (κ1) is 29.7. The minimum Gasteiger partial charge on any atom is -0.461 e. The molecule has 2 heterocycles. The number of aliphatic hydroxyl groups is 1. The lowest BCUT2D eigenvalue weighted by Crippen LogP contribution is -2.54. The average molecular weight is 578 g/mol. The fraction of sp³-hybridized carbons (Fsp3) is 0.500. The van der Waals surface area contributed by atoms with E-state index >= 15 is 0 Å². The Morgan fingerprint density at radius 2 is 1.71 bits per heavy atom. The lowest BCUT2D eigenvalue weighted by atomic mass is 9.88. The highest BCUT2D eigenvalue weighted by molar-refractivity contribution is 7.17. The topological polar surface area (TPSA) is 79.7 Å². The minimum atomic E-state index is -6.43. The van der Waals surface area contributed by atoms with Gasteiger partial charge in [-0.25, -0.2) is 9.78 Å². The molecule has 1 saturated heterocycles. The van der Waals surface area contributed by atoms with Crippen molar-refractivity contribution in [2.45, 2.75) is 56.9 Å². The summed E-state index contributed by atoms with van der Waals surface area (Å²) in [6.45, 7) is 3.14. The first-order chi connectivity index (χ1) is 17.3. The van der Waals surface area contributed by atoms with Gasteiger partial charge in [0.05, 0.1) is 17.0 Å². The SMILES string of the molecule is CCOC(=O)c1nc(C(=O)N2CCC[C@@H]2C)c(-c2ccc(C(O)(C(F)(F)F)C(F)(F)F)cc2C(F)(F)F)s1. The van der Waals surface area contributed by atoms with E-state index < -0.39 is 74.3 Å².